The molecule has 0 aromatic heterocycles. The molecule has 1 N–H and O–H groups in total. The summed E-state index contributed by atoms with van der Waals surface area (Å²) in [6.07, 6.45) is 1.22. The Bertz CT molecular complexity index is 268. The Morgan fingerprint density at radius 1 is 1.44 bits per heavy atom. The first kappa shape index (κ1) is 13.9. The minimum atomic E-state index is -3.17. The normalized spacial score (nSPS) is 26.7. The van der Waals surface area contributed by atoms with Gasteiger partial charge < -0.3 is 18.9 Å². The maximum atomic E-state index is 12.0. The molecule has 1 aliphatic heterocycles. The van der Waals surface area contributed by atoms with Crippen molar-refractivity contribution < 1.29 is 23.5 Å². The molecule has 5 nitrogen and oxygen atoms in total. The molecule has 1 rings (SSSR count). The molecule has 6 heteroatoms. The van der Waals surface area contributed by atoms with Crippen molar-refractivity contribution in [1.82, 2.24) is 0 Å². The summed E-state index contributed by atoms with van der Waals surface area (Å²) in [5, 5.41) is 9.50. The molecule has 0 spiro atoms. The van der Waals surface area contributed by atoms with E-state index < -0.39 is 19.8 Å². The SMILES string of the molecule is CCOP(=O)(/C=C/C1OCC[C@H]1O)OCC. The van der Waals surface area contributed by atoms with Crippen LogP contribution in [0.25, 0.3) is 0 Å². The van der Waals surface area contributed by atoms with Crippen molar-refractivity contribution in [3.8, 4) is 0 Å². The number of ether oxygens (including phenoxy) is 1. The molecule has 2 atom stereocenters. The van der Waals surface area contributed by atoms with Crippen molar-refractivity contribution in [1.29, 1.82) is 0 Å². The molecule has 94 valence electrons. The summed E-state index contributed by atoms with van der Waals surface area (Å²) in [7, 11) is -3.17. The van der Waals surface area contributed by atoms with Crippen LogP contribution in [0.15, 0.2) is 11.9 Å². The van der Waals surface area contributed by atoms with Crippen LogP contribution < -0.4 is 0 Å². The van der Waals surface area contributed by atoms with Crippen molar-refractivity contribution in [2.45, 2.75) is 32.5 Å². The summed E-state index contributed by atoms with van der Waals surface area (Å²) in [6.45, 7) is 4.65. The lowest BCUT2D eigenvalue weighted by Crippen LogP contribution is -2.17. The first-order valence-corrected chi connectivity index (χ1v) is 7.10. The molecule has 1 aliphatic rings. The highest BCUT2D eigenvalue weighted by atomic mass is 31.2. The van der Waals surface area contributed by atoms with Crippen LogP contribution in [0.3, 0.4) is 0 Å². The van der Waals surface area contributed by atoms with E-state index in [-0.39, 0.29) is 0 Å². The van der Waals surface area contributed by atoms with E-state index in [2.05, 4.69) is 0 Å². The lowest BCUT2D eigenvalue weighted by Gasteiger charge is -2.14. The van der Waals surface area contributed by atoms with Crippen LogP contribution in [0.4, 0.5) is 0 Å². The van der Waals surface area contributed by atoms with E-state index in [0.717, 1.165) is 0 Å². The minimum absolute atomic E-state index is 0.315. The topological polar surface area (TPSA) is 65.0 Å². The van der Waals surface area contributed by atoms with Gasteiger partial charge in [-0.3, -0.25) is 4.57 Å². The average molecular weight is 250 g/mol. The van der Waals surface area contributed by atoms with E-state index in [1.54, 1.807) is 19.9 Å². The largest absolute Gasteiger partial charge is 0.390 e. The Morgan fingerprint density at radius 2 is 2.06 bits per heavy atom. The van der Waals surface area contributed by atoms with Crippen molar-refractivity contribution in [2.24, 2.45) is 0 Å². The molecule has 0 saturated carbocycles. The molecule has 0 radical (unpaired) electrons. The van der Waals surface area contributed by atoms with Gasteiger partial charge in [-0.2, -0.15) is 0 Å². The van der Waals surface area contributed by atoms with Crippen LogP contribution in [0, 0.1) is 0 Å². The van der Waals surface area contributed by atoms with Gasteiger partial charge in [-0.25, -0.2) is 0 Å². The molecule has 1 saturated heterocycles. The Labute approximate surface area is 95.9 Å². The number of hydrogen-bond acceptors (Lipinski definition) is 5. The van der Waals surface area contributed by atoms with E-state index in [1.807, 2.05) is 0 Å². The zero-order valence-corrected chi connectivity index (χ0v) is 10.6. The third kappa shape index (κ3) is 4.00. The summed E-state index contributed by atoms with van der Waals surface area (Å²) in [5.41, 5.74) is 0. The zero-order chi connectivity index (χ0) is 12.0. The first-order valence-electron chi connectivity index (χ1n) is 5.49. The molecule has 0 aromatic carbocycles. The maximum Gasteiger partial charge on any atom is 0.353 e. The second kappa shape index (κ2) is 6.52. The van der Waals surface area contributed by atoms with Gasteiger partial charge in [0.15, 0.2) is 0 Å². The van der Waals surface area contributed by atoms with E-state index >= 15 is 0 Å². The van der Waals surface area contributed by atoms with Crippen molar-refractivity contribution in [3.63, 3.8) is 0 Å². The second-order valence-corrected chi connectivity index (χ2v) is 5.30. The van der Waals surface area contributed by atoms with Crippen LogP contribution >= 0.6 is 7.60 Å². The smallest absolute Gasteiger partial charge is 0.353 e. The number of aliphatic hydroxyl groups excluding tert-OH is 1. The Balaban J connectivity index is 2.59. The molecule has 0 aliphatic carbocycles. The molecule has 1 unspecified atom stereocenters. The quantitative estimate of drug-likeness (QED) is 0.729. The Morgan fingerprint density at radius 3 is 2.50 bits per heavy atom. The van der Waals surface area contributed by atoms with Gasteiger partial charge in [0.05, 0.1) is 25.9 Å². The second-order valence-electron chi connectivity index (χ2n) is 3.41. The number of hydrogen-bond donors (Lipinski definition) is 1. The summed E-state index contributed by atoms with van der Waals surface area (Å²) >= 11 is 0. The van der Waals surface area contributed by atoms with E-state index in [1.165, 1.54) is 5.82 Å². The molecule has 1 fully saturated rings. The van der Waals surface area contributed by atoms with E-state index in [4.69, 9.17) is 13.8 Å². The van der Waals surface area contributed by atoms with Crippen molar-refractivity contribution >= 4 is 7.60 Å². The number of aliphatic hydroxyl groups is 1. The molecule has 0 amide bonds. The van der Waals surface area contributed by atoms with Crippen molar-refractivity contribution in [2.75, 3.05) is 19.8 Å². The summed E-state index contributed by atoms with van der Waals surface area (Å²) in [5.74, 6) is 1.37. The monoisotopic (exact) mass is 250 g/mol. The van der Waals surface area contributed by atoms with Gasteiger partial charge in [0.1, 0.15) is 6.10 Å². The van der Waals surface area contributed by atoms with Crippen LogP contribution in [-0.2, 0) is 18.3 Å². The highest BCUT2D eigenvalue weighted by Crippen LogP contribution is 2.49. The standard InChI is InChI=1S/C10H19O5P/c1-3-14-16(12,15-4-2)8-6-10-9(11)5-7-13-10/h6,8-11H,3-5,7H2,1-2H3/b8-6+/t9-,10?/m1/s1. The third-order valence-electron chi connectivity index (χ3n) is 2.18. The van der Waals surface area contributed by atoms with E-state index in [0.29, 0.717) is 26.2 Å². The fourth-order valence-corrected chi connectivity index (χ4v) is 2.80. The summed E-state index contributed by atoms with van der Waals surface area (Å²) in [4.78, 5) is 0. The van der Waals surface area contributed by atoms with Crippen LogP contribution in [0.1, 0.15) is 20.3 Å². The predicted octanol–water partition coefficient (Wildman–Crippen LogP) is 1.92. The lowest BCUT2D eigenvalue weighted by molar-refractivity contribution is 0.0748. The molecule has 0 aromatic rings. The van der Waals surface area contributed by atoms with Crippen LogP contribution in [-0.4, -0.2) is 37.1 Å². The minimum Gasteiger partial charge on any atom is -0.390 e. The molecule has 1 heterocycles. The highest BCUT2D eigenvalue weighted by molar-refractivity contribution is 7.57. The Kier molecular flexibility index (Phi) is 5.66. The van der Waals surface area contributed by atoms with E-state index in [9.17, 15) is 9.67 Å². The van der Waals surface area contributed by atoms with Crippen LogP contribution in [0.5, 0.6) is 0 Å². The van der Waals surface area contributed by atoms with Gasteiger partial charge in [0.25, 0.3) is 0 Å². The highest BCUT2D eigenvalue weighted by Gasteiger charge is 2.26. The van der Waals surface area contributed by atoms with Gasteiger partial charge in [-0.05, 0) is 26.3 Å². The lowest BCUT2D eigenvalue weighted by atomic mass is 10.2. The third-order valence-corrected chi connectivity index (χ3v) is 3.95. The molecular weight excluding hydrogens is 231 g/mol. The first-order chi connectivity index (χ1) is 7.61. The summed E-state index contributed by atoms with van der Waals surface area (Å²) in [6, 6.07) is 0. The fraction of sp³-hybridized carbons (Fsp3) is 0.800. The maximum absolute atomic E-state index is 12.0. The predicted molar refractivity (Wildman–Crippen MR) is 60.4 cm³/mol. The number of rotatable bonds is 6. The average Bonchev–Trinajstić information content (AvgIpc) is 2.62. The van der Waals surface area contributed by atoms with Gasteiger partial charge in [-0.1, -0.05) is 0 Å². The molecular formula is C10H19O5P. The van der Waals surface area contributed by atoms with Gasteiger partial charge in [0, 0.05) is 5.82 Å². The molecule has 16 heavy (non-hydrogen) atoms. The zero-order valence-electron chi connectivity index (χ0n) is 9.67. The molecule has 0 bridgehead atoms. The summed E-state index contributed by atoms with van der Waals surface area (Å²) < 4.78 is 27.4. The Hall–Kier alpha value is -0.190. The van der Waals surface area contributed by atoms with Crippen LogP contribution in [0.2, 0.25) is 0 Å². The fourth-order valence-electron chi connectivity index (χ4n) is 1.46. The van der Waals surface area contributed by atoms with Gasteiger partial charge >= 0.3 is 7.60 Å². The van der Waals surface area contributed by atoms with Crippen molar-refractivity contribution in [3.05, 3.63) is 11.9 Å². The van der Waals surface area contributed by atoms with Gasteiger partial charge in [-0.15, -0.1) is 0 Å². The van der Waals surface area contributed by atoms with Gasteiger partial charge in [0.2, 0.25) is 0 Å².